The third-order valence-electron chi connectivity index (χ3n) is 3.73. The predicted octanol–water partition coefficient (Wildman–Crippen LogP) is -0.539. The molecule has 2 rings (SSSR count). The van der Waals surface area contributed by atoms with Crippen molar-refractivity contribution < 1.29 is 17.6 Å². The van der Waals surface area contributed by atoms with Gasteiger partial charge in [-0.15, -0.1) is 0 Å². The van der Waals surface area contributed by atoms with Crippen LogP contribution in [0.15, 0.2) is 9.98 Å². The van der Waals surface area contributed by atoms with Crippen LogP contribution in [0, 0.1) is 10.8 Å². The fraction of sp³-hybridized carbons (Fsp3) is 0.692. The number of nitrogens with two attached hydrogens (primary N) is 4. The summed E-state index contributed by atoms with van der Waals surface area (Å²) < 4.78 is 50.7. The number of guanidine groups is 4. The number of nitrogens with one attached hydrogen (secondary N) is 2. The average molecular weight is 396 g/mol. The second-order valence-corrected chi connectivity index (χ2v) is 6.09. The molecule has 0 aliphatic carbocycles. The number of hydrogen-bond donors (Lipinski definition) is 6. The molecule has 2 aliphatic rings. The van der Waals surface area contributed by atoms with Gasteiger partial charge in [0.2, 0.25) is 11.9 Å². The molecule has 0 aromatic rings. The Labute approximate surface area is 153 Å². The molecule has 2 aliphatic heterocycles. The van der Waals surface area contributed by atoms with Crippen LogP contribution in [-0.2, 0) is 0 Å². The number of likely N-dealkylation sites (tertiary alicyclic amines) is 2. The molecule has 0 spiro atoms. The summed E-state index contributed by atoms with van der Waals surface area (Å²) in [6.07, 6.45) is -0.764. The minimum Gasteiger partial charge on any atom is -0.370 e. The van der Waals surface area contributed by atoms with Crippen molar-refractivity contribution in [2.45, 2.75) is 31.1 Å². The molecule has 0 aromatic carbocycles. The molecule has 14 heteroatoms. The highest BCUT2D eigenvalue weighted by Gasteiger charge is 2.39. The van der Waals surface area contributed by atoms with Crippen molar-refractivity contribution in [1.29, 1.82) is 10.8 Å². The van der Waals surface area contributed by atoms with Gasteiger partial charge in [0.1, 0.15) is 0 Å². The van der Waals surface area contributed by atoms with E-state index in [0.29, 0.717) is 0 Å². The molecule has 2 saturated heterocycles. The zero-order chi connectivity index (χ0) is 20.8. The van der Waals surface area contributed by atoms with E-state index in [9.17, 15) is 17.6 Å². The lowest BCUT2D eigenvalue weighted by Gasteiger charge is -2.31. The van der Waals surface area contributed by atoms with E-state index < -0.39 is 18.4 Å². The maximum atomic E-state index is 12.7. The fourth-order valence-electron chi connectivity index (χ4n) is 2.35. The van der Waals surface area contributed by atoms with Gasteiger partial charge in [0.15, 0.2) is 11.9 Å². The van der Waals surface area contributed by atoms with Gasteiger partial charge in [-0.2, -0.15) is 9.98 Å². The molecule has 0 aromatic heterocycles. The van der Waals surface area contributed by atoms with Crippen LogP contribution in [-0.4, -0.2) is 71.7 Å². The molecular formula is C13H24F4N10. The van der Waals surface area contributed by atoms with Gasteiger partial charge >= 0.3 is 0 Å². The summed E-state index contributed by atoms with van der Waals surface area (Å²) in [6.45, 7) is -0.142. The topological polar surface area (TPSA) is 183 Å². The molecule has 2 heterocycles. The Morgan fingerprint density at radius 1 is 0.704 bits per heavy atom. The molecule has 2 fully saturated rings. The summed E-state index contributed by atoms with van der Waals surface area (Å²) in [6, 6.07) is 0. The number of halogens is 4. The number of piperidine rings is 1. The van der Waals surface area contributed by atoms with E-state index in [2.05, 4.69) is 9.98 Å². The second-order valence-electron chi connectivity index (χ2n) is 6.09. The normalized spacial score (nSPS) is 20.1. The van der Waals surface area contributed by atoms with Crippen LogP contribution < -0.4 is 22.9 Å². The fourth-order valence-corrected chi connectivity index (χ4v) is 2.35. The van der Waals surface area contributed by atoms with Crippen LogP contribution in [0.25, 0.3) is 0 Å². The maximum absolute atomic E-state index is 12.7. The zero-order valence-electron chi connectivity index (χ0n) is 14.6. The van der Waals surface area contributed by atoms with Gasteiger partial charge in [-0.3, -0.25) is 10.8 Å². The Balaban J connectivity index is 0.000000271. The van der Waals surface area contributed by atoms with Gasteiger partial charge in [0, 0.05) is 38.9 Å². The first-order valence-corrected chi connectivity index (χ1v) is 7.93. The molecule has 10 nitrogen and oxygen atoms in total. The van der Waals surface area contributed by atoms with Crippen molar-refractivity contribution in [3.05, 3.63) is 0 Å². The molecule has 0 amide bonds. The first-order chi connectivity index (χ1) is 12.3. The standard InChI is InChI=1S/C7H13F2N5.C6H11F2N5/c8-7(9)1-3-14(4-2-7)6(12)13-5(10)11;7-6(8)1-2-13(3-6)5(11)12-4(9)10/h1-4H2,(H5,10,11,12,13);1-3H2,(H5,9,10,11,12). The summed E-state index contributed by atoms with van der Waals surface area (Å²) >= 11 is 0. The summed E-state index contributed by atoms with van der Waals surface area (Å²) in [5, 5.41) is 14.6. The molecule has 154 valence electrons. The van der Waals surface area contributed by atoms with Crippen LogP contribution in [0.4, 0.5) is 17.6 Å². The van der Waals surface area contributed by atoms with Gasteiger partial charge in [0.05, 0.1) is 6.54 Å². The predicted molar refractivity (Wildman–Crippen MR) is 94.0 cm³/mol. The van der Waals surface area contributed by atoms with Crippen molar-refractivity contribution in [1.82, 2.24) is 9.80 Å². The molecule has 0 radical (unpaired) electrons. The third-order valence-corrected chi connectivity index (χ3v) is 3.73. The first kappa shape index (κ1) is 22.2. The van der Waals surface area contributed by atoms with Gasteiger partial charge in [0.25, 0.3) is 11.8 Å². The largest absolute Gasteiger partial charge is 0.370 e. The lowest BCUT2D eigenvalue weighted by molar-refractivity contribution is -0.0437. The van der Waals surface area contributed by atoms with Crippen molar-refractivity contribution in [2.75, 3.05) is 26.2 Å². The van der Waals surface area contributed by atoms with E-state index >= 15 is 0 Å². The molecule has 0 saturated carbocycles. The quantitative estimate of drug-likeness (QED) is 0.181. The monoisotopic (exact) mass is 396 g/mol. The summed E-state index contributed by atoms with van der Waals surface area (Å²) in [5.74, 6) is -6.33. The molecule has 0 bridgehead atoms. The maximum Gasteiger partial charge on any atom is 0.267 e. The Morgan fingerprint density at radius 3 is 1.44 bits per heavy atom. The van der Waals surface area contributed by atoms with E-state index in [-0.39, 0.29) is 62.7 Å². The minimum absolute atomic E-state index is 0.114. The number of nitrogens with zero attached hydrogens (tertiary/aromatic N) is 4. The first-order valence-electron chi connectivity index (χ1n) is 7.93. The summed E-state index contributed by atoms with van der Waals surface area (Å²) in [4.78, 5) is 9.42. The van der Waals surface area contributed by atoms with Gasteiger partial charge < -0.3 is 32.7 Å². The molecule has 27 heavy (non-hydrogen) atoms. The van der Waals surface area contributed by atoms with Crippen molar-refractivity contribution in [3.8, 4) is 0 Å². The van der Waals surface area contributed by atoms with Crippen LogP contribution >= 0.6 is 0 Å². The number of hydrogen-bond acceptors (Lipinski definition) is 2. The Hall–Kier alpha value is -2.80. The average Bonchev–Trinajstić information content (AvgIpc) is 2.86. The zero-order valence-corrected chi connectivity index (χ0v) is 14.6. The van der Waals surface area contributed by atoms with Gasteiger partial charge in [-0.1, -0.05) is 0 Å². The molecular weight excluding hydrogens is 372 g/mol. The van der Waals surface area contributed by atoms with Crippen LogP contribution in [0.5, 0.6) is 0 Å². The van der Waals surface area contributed by atoms with Gasteiger partial charge in [-0.25, -0.2) is 17.6 Å². The molecule has 0 atom stereocenters. The highest BCUT2D eigenvalue weighted by Crippen LogP contribution is 2.28. The van der Waals surface area contributed by atoms with Gasteiger partial charge in [-0.05, 0) is 0 Å². The van der Waals surface area contributed by atoms with E-state index in [4.69, 9.17) is 33.8 Å². The Kier molecular flexibility index (Phi) is 7.19. The van der Waals surface area contributed by atoms with Crippen molar-refractivity contribution in [3.63, 3.8) is 0 Å². The van der Waals surface area contributed by atoms with E-state index in [1.165, 1.54) is 4.90 Å². The Morgan fingerprint density at radius 2 is 1.07 bits per heavy atom. The number of aliphatic imine (C=N–C) groups is 2. The van der Waals surface area contributed by atoms with E-state index in [1.54, 1.807) is 0 Å². The Bertz CT molecular complexity index is 600. The van der Waals surface area contributed by atoms with Crippen LogP contribution in [0.1, 0.15) is 19.3 Å². The minimum atomic E-state index is -2.73. The highest BCUT2D eigenvalue weighted by molar-refractivity contribution is 5.92. The highest BCUT2D eigenvalue weighted by atomic mass is 19.3. The molecule has 0 unspecified atom stereocenters. The smallest absolute Gasteiger partial charge is 0.267 e. The van der Waals surface area contributed by atoms with Crippen molar-refractivity contribution >= 4 is 23.8 Å². The summed E-state index contributed by atoms with van der Waals surface area (Å²) in [7, 11) is 0. The lowest BCUT2D eigenvalue weighted by atomic mass is 10.1. The van der Waals surface area contributed by atoms with Crippen LogP contribution in [0.3, 0.4) is 0 Å². The molecule has 10 N–H and O–H groups in total. The van der Waals surface area contributed by atoms with E-state index in [1.807, 2.05) is 0 Å². The third kappa shape index (κ3) is 7.96. The van der Waals surface area contributed by atoms with Crippen LogP contribution in [0.2, 0.25) is 0 Å². The second kappa shape index (κ2) is 8.73. The summed E-state index contributed by atoms with van der Waals surface area (Å²) in [5.41, 5.74) is 20.1. The lowest BCUT2D eigenvalue weighted by Crippen LogP contribution is -2.42. The number of alkyl halides is 4. The SMILES string of the molecule is N=C(N=C(N)N)N1CCC(F)(F)C1.N=C(N=C(N)N)N1CCC(F)(F)CC1. The van der Waals surface area contributed by atoms with Crippen molar-refractivity contribution in [2.24, 2.45) is 32.9 Å². The van der Waals surface area contributed by atoms with E-state index in [0.717, 1.165) is 4.90 Å². The number of rotatable bonds is 0.